The molecule has 0 spiro atoms. The number of piperazine rings is 1. The van der Waals surface area contributed by atoms with E-state index in [2.05, 4.69) is 66.7 Å². The third-order valence-electron chi connectivity index (χ3n) is 8.12. The number of carbonyl (C=O) groups excluding carboxylic acids is 1. The molecule has 4 heterocycles. The first-order valence-electron chi connectivity index (χ1n) is 13.2. The van der Waals surface area contributed by atoms with Crippen LogP contribution in [0.1, 0.15) is 46.0 Å². The van der Waals surface area contributed by atoms with Crippen LogP contribution >= 0.6 is 11.3 Å². The predicted octanol–water partition coefficient (Wildman–Crippen LogP) is 2.13. The van der Waals surface area contributed by atoms with E-state index in [0.717, 1.165) is 69.5 Å². The summed E-state index contributed by atoms with van der Waals surface area (Å²) in [7, 11) is 4.03. The Bertz CT molecular complexity index is 1020. The standard InChI is InChI=1S/C24H40N10OS/c1-24(2)8-5-17(6-9-24)20(33-13-11-31(3)12-14-33)21(35)26-23-29-28-22(36-23)25-18-7-10-34(15-18)19-16-32(4)30-27-19/h16-18,20H,5-15H2,1-4H3,(H,25,28)(H,26,29,35)/t18-,20+/m1/s1. The number of rotatable bonds is 7. The fourth-order valence-corrected chi connectivity index (χ4v) is 6.49. The molecule has 12 heteroatoms. The van der Waals surface area contributed by atoms with Crippen LogP contribution in [-0.2, 0) is 11.8 Å². The molecule has 5 rings (SSSR count). The molecule has 36 heavy (non-hydrogen) atoms. The van der Waals surface area contributed by atoms with E-state index >= 15 is 0 Å². The molecule has 2 atom stereocenters. The summed E-state index contributed by atoms with van der Waals surface area (Å²) in [6.45, 7) is 10.3. The van der Waals surface area contributed by atoms with E-state index in [1.165, 1.54) is 24.2 Å². The summed E-state index contributed by atoms with van der Waals surface area (Å²) in [6, 6.07) is 0.151. The van der Waals surface area contributed by atoms with Crippen LogP contribution in [0.5, 0.6) is 0 Å². The van der Waals surface area contributed by atoms with Gasteiger partial charge in [0.1, 0.15) is 0 Å². The molecule has 0 aromatic carbocycles. The minimum atomic E-state index is -0.106. The Morgan fingerprint density at radius 2 is 1.75 bits per heavy atom. The molecule has 2 N–H and O–H groups in total. The van der Waals surface area contributed by atoms with Crippen LogP contribution in [0.2, 0.25) is 0 Å². The molecule has 1 aliphatic carbocycles. The molecule has 0 radical (unpaired) electrons. The van der Waals surface area contributed by atoms with Crippen molar-refractivity contribution in [3.05, 3.63) is 6.20 Å². The average molecular weight is 517 g/mol. The summed E-state index contributed by atoms with van der Waals surface area (Å²) >= 11 is 1.42. The van der Waals surface area contributed by atoms with E-state index < -0.39 is 0 Å². The Balaban J connectivity index is 1.20. The SMILES string of the molecule is CN1CCN([C@H](C(=O)Nc2nnc(N[C@@H]3CCN(c4cn(C)nn4)C3)s2)C2CCC(C)(C)CC2)CC1. The molecule has 2 aromatic heterocycles. The lowest BCUT2D eigenvalue weighted by molar-refractivity contribution is -0.125. The monoisotopic (exact) mass is 516 g/mol. The van der Waals surface area contributed by atoms with Gasteiger partial charge in [-0.15, -0.1) is 15.3 Å². The lowest BCUT2D eigenvalue weighted by Crippen LogP contribution is -2.56. The second-order valence-corrected chi connectivity index (χ2v) is 12.5. The van der Waals surface area contributed by atoms with Gasteiger partial charge in [0.25, 0.3) is 0 Å². The number of aryl methyl sites for hydroxylation is 1. The first-order chi connectivity index (χ1) is 17.3. The molecule has 1 saturated carbocycles. The summed E-state index contributed by atoms with van der Waals surface area (Å²) in [5, 5.41) is 24.8. The van der Waals surface area contributed by atoms with Crippen molar-refractivity contribution in [3.8, 4) is 0 Å². The Labute approximate surface area is 217 Å². The zero-order chi connectivity index (χ0) is 25.3. The molecular weight excluding hydrogens is 476 g/mol. The normalized spacial score (nSPS) is 24.7. The highest BCUT2D eigenvalue weighted by atomic mass is 32.1. The fraction of sp³-hybridized carbons (Fsp3) is 0.792. The second kappa shape index (κ2) is 10.6. The number of carbonyl (C=O) groups is 1. The summed E-state index contributed by atoms with van der Waals surface area (Å²) in [5.74, 6) is 1.35. The lowest BCUT2D eigenvalue weighted by Gasteiger charge is -2.44. The van der Waals surface area contributed by atoms with Crippen molar-refractivity contribution in [1.82, 2.24) is 35.0 Å². The van der Waals surface area contributed by atoms with E-state index in [9.17, 15) is 4.79 Å². The van der Waals surface area contributed by atoms with Crippen LogP contribution in [0.3, 0.4) is 0 Å². The molecule has 2 aliphatic heterocycles. The number of likely N-dealkylation sites (N-methyl/N-ethyl adjacent to an activating group) is 1. The number of hydrogen-bond donors (Lipinski definition) is 2. The van der Waals surface area contributed by atoms with Gasteiger partial charge < -0.3 is 15.1 Å². The van der Waals surface area contributed by atoms with E-state index in [4.69, 9.17) is 0 Å². The van der Waals surface area contributed by atoms with Crippen molar-refractivity contribution in [2.24, 2.45) is 18.4 Å². The molecule has 198 valence electrons. The van der Waals surface area contributed by atoms with Gasteiger partial charge in [0.15, 0.2) is 5.82 Å². The number of nitrogens with one attached hydrogen (secondary N) is 2. The van der Waals surface area contributed by atoms with Crippen molar-refractivity contribution in [2.45, 2.75) is 58.0 Å². The van der Waals surface area contributed by atoms with E-state index in [-0.39, 0.29) is 18.0 Å². The number of amides is 1. The van der Waals surface area contributed by atoms with Gasteiger partial charge in [0.05, 0.1) is 12.2 Å². The summed E-state index contributed by atoms with van der Waals surface area (Å²) < 4.78 is 1.72. The van der Waals surface area contributed by atoms with E-state index in [1.54, 1.807) is 4.68 Å². The first kappa shape index (κ1) is 25.3. The van der Waals surface area contributed by atoms with Gasteiger partial charge in [-0.25, -0.2) is 0 Å². The first-order valence-corrected chi connectivity index (χ1v) is 14.0. The summed E-state index contributed by atoms with van der Waals surface area (Å²) in [5.41, 5.74) is 0.377. The van der Waals surface area contributed by atoms with Crippen molar-refractivity contribution in [2.75, 3.05) is 61.8 Å². The number of nitrogens with zero attached hydrogens (tertiary/aromatic N) is 8. The molecule has 2 saturated heterocycles. The third kappa shape index (κ3) is 5.97. The molecule has 1 amide bonds. The summed E-state index contributed by atoms with van der Waals surface area (Å²) in [6.07, 6.45) is 7.48. The van der Waals surface area contributed by atoms with Gasteiger partial charge in [-0.05, 0) is 50.5 Å². The maximum Gasteiger partial charge on any atom is 0.243 e. The van der Waals surface area contributed by atoms with Gasteiger partial charge in [-0.3, -0.25) is 19.7 Å². The van der Waals surface area contributed by atoms with Crippen molar-refractivity contribution >= 4 is 33.3 Å². The fourth-order valence-electron chi connectivity index (χ4n) is 5.77. The molecule has 3 aliphatic rings. The third-order valence-corrected chi connectivity index (χ3v) is 8.89. The molecular formula is C24H40N10OS. The molecule has 2 aromatic rings. The molecule has 0 unspecified atom stereocenters. The Hall–Kier alpha value is -2.31. The van der Waals surface area contributed by atoms with Crippen molar-refractivity contribution in [1.29, 1.82) is 0 Å². The van der Waals surface area contributed by atoms with Gasteiger partial charge in [0.2, 0.25) is 16.2 Å². The summed E-state index contributed by atoms with van der Waals surface area (Å²) in [4.78, 5) is 20.6. The maximum atomic E-state index is 13.6. The zero-order valence-electron chi connectivity index (χ0n) is 22.0. The van der Waals surface area contributed by atoms with Crippen LogP contribution in [0.15, 0.2) is 6.20 Å². The topological polar surface area (TPSA) is 107 Å². The highest BCUT2D eigenvalue weighted by molar-refractivity contribution is 7.19. The second-order valence-electron chi connectivity index (χ2n) is 11.5. The molecule has 3 fully saturated rings. The van der Waals surface area contributed by atoms with Gasteiger partial charge in [-0.1, -0.05) is 30.4 Å². The number of hydrogen-bond acceptors (Lipinski definition) is 10. The van der Waals surface area contributed by atoms with Crippen molar-refractivity contribution < 1.29 is 4.79 Å². The number of aromatic nitrogens is 5. The highest BCUT2D eigenvalue weighted by Crippen LogP contribution is 2.40. The lowest BCUT2D eigenvalue weighted by atomic mass is 9.70. The van der Waals surface area contributed by atoms with Crippen LogP contribution in [0.25, 0.3) is 0 Å². The van der Waals surface area contributed by atoms with E-state index in [0.29, 0.717) is 16.5 Å². The molecule has 11 nitrogen and oxygen atoms in total. The molecule has 0 bridgehead atoms. The van der Waals surface area contributed by atoms with Crippen molar-refractivity contribution in [3.63, 3.8) is 0 Å². The Kier molecular flexibility index (Phi) is 7.45. The smallest absolute Gasteiger partial charge is 0.243 e. The van der Waals surface area contributed by atoms with Crippen LogP contribution in [-0.4, -0.2) is 99.3 Å². The van der Waals surface area contributed by atoms with Crippen LogP contribution in [0.4, 0.5) is 16.1 Å². The quantitative estimate of drug-likeness (QED) is 0.572. The minimum Gasteiger partial charge on any atom is -0.355 e. The van der Waals surface area contributed by atoms with Gasteiger partial charge >= 0.3 is 0 Å². The number of anilines is 3. The Morgan fingerprint density at radius 3 is 2.44 bits per heavy atom. The Morgan fingerprint density at radius 1 is 1.03 bits per heavy atom. The van der Waals surface area contributed by atoms with Crippen LogP contribution < -0.4 is 15.5 Å². The highest BCUT2D eigenvalue weighted by Gasteiger charge is 2.39. The zero-order valence-corrected chi connectivity index (χ0v) is 22.8. The van der Waals surface area contributed by atoms with Gasteiger partial charge in [0, 0.05) is 52.4 Å². The average Bonchev–Trinajstić information content (AvgIpc) is 3.58. The minimum absolute atomic E-state index is 0.0710. The largest absolute Gasteiger partial charge is 0.355 e. The van der Waals surface area contributed by atoms with Crippen LogP contribution in [0, 0.1) is 11.3 Å². The van der Waals surface area contributed by atoms with Gasteiger partial charge in [-0.2, -0.15) is 0 Å². The maximum absolute atomic E-state index is 13.6. The predicted molar refractivity (Wildman–Crippen MR) is 142 cm³/mol. The van der Waals surface area contributed by atoms with E-state index in [1.807, 2.05) is 13.2 Å².